The summed E-state index contributed by atoms with van der Waals surface area (Å²) >= 11 is 0. The number of rotatable bonds is 4. The Bertz CT molecular complexity index is 483. The number of imidazole rings is 1. The fourth-order valence-corrected chi connectivity index (χ4v) is 1.93. The number of unbranched alkanes of at least 4 members (excludes halogenated alkanes) is 1. The molecule has 0 aliphatic carbocycles. The van der Waals surface area contributed by atoms with Crippen molar-refractivity contribution in [3.05, 3.63) is 41.7 Å². The number of aromatic nitrogens is 2. The lowest BCUT2D eigenvalue weighted by molar-refractivity contribution is 0.795. The molecule has 0 aliphatic rings. The van der Waals surface area contributed by atoms with E-state index in [2.05, 4.69) is 36.2 Å². The van der Waals surface area contributed by atoms with Gasteiger partial charge in [-0.15, -0.1) is 0 Å². The molecule has 0 radical (unpaired) electrons. The van der Waals surface area contributed by atoms with Gasteiger partial charge in [-0.25, -0.2) is 4.98 Å². The number of hydrogen-bond acceptors (Lipinski definition) is 2. The molecular formula is C14H19N3. The maximum atomic E-state index is 5.84. The highest BCUT2D eigenvalue weighted by Crippen LogP contribution is 2.15. The number of benzene rings is 1. The molecule has 1 aromatic heterocycles. The first-order valence-corrected chi connectivity index (χ1v) is 6.11. The molecule has 0 saturated heterocycles. The van der Waals surface area contributed by atoms with Gasteiger partial charge in [0.15, 0.2) is 0 Å². The summed E-state index contributed by atoms with van der Waals surface area (Å²) in [4.78, 5) is 4.20. The molecule has 0 atom stereocenters. The molecule has 1 heterocycles. The van der Waals surface area contributed by atoms with Crippen molar-refractivity contribution in [1.82, 2.24) is 9.55 Å². The summed E-state index contributed by atoms with van der Waals surface area (Å²) in [5.74, 6) is 0.545. The molecule has 90 valence electrons. The van der Waals surface area contributed by atoms with Crippen molar-refractivity contribution in [3.8, 4) is 5.69 Å². The van der Waals surface area contributed by atoms with Crippen molar-refractivity contribution < 1.29 is 0 Å². The Morgan fingerprint density at radius 1 is 1.24 bits per heavy atom. The molecule has 1 aromatic carbocycles. The van der Waals surface area contributed by atoms with Gasteiger partial charge in [0.05, 0.1) is 5.69 Å². The van der Waals surface area contributed by atoms with Gasteiger partial charge in [0.1, 0.15) is 0 Å². The number of hydrogen-bond donors (Lipinski definition) is 1. The first-order valence-electron chi connectivity index (χ1n) is 6.11. The molecule has 0 bridgehead atoms. The lowest BCUT2D eigenvalue weighted by Gasteiger charge is -2.06. The highest BCUT2D eigenvalue weighted by molar-refractivity contribution is 5.41. The zero-order chi connectivity index (χ0) is 12.3. The zero-order valence-electron chi connectivity index (χ0n) is 10.5. The van der Waals surface area contributed by atoms with Crippen LogP contribution in [0.15, 0.2) is 30.5 Å². The van der Waals surface area contributed by atoms with Gasteiger partial charge >= 0.3 is 0 Å². The van der Waals surface area contributed by atoms with Crippen molar-refractivity contribution in [1.29, 1.82) is 0 Å². The lowest BCUT2D eigenvalue weighted by Crippen LogP contribution is -1.99. The van der Waals surface area contributed by atoms with Crippen LogP contribution in [0.3, 0.4) is 0 Å². The number of aryl methyl sites for hydroxylation is 2. The van der Waals surface area contributed by atoms with Crippen LogP contribution in [0.5, 0.6) is 0 Å². The first kappa shape index (κ1) is 11.7. The van der Waals surface area contributed by atoms with Crippen molar-refractivity contribution in [2.45, 2.75) is 33.1 Å². The molecule has 3 heteroatoms. The summed E-state index contributed by atoms with van der Waals surface area (Å²) in [6, 6.07) is 8.53. The number of nitrogen functional groups attached to an aromatic ring is 1. The number of nitrogens with two attached hydrogens (primary N) is 1. The van der Waals surface area contributed by atoms with Crippen molar-refractivity contribution in [2.24, 2.45) is 0 Å². The molecule has 0 unspecified atom stereocenters. The minimum Gasteiger partial charge on any atom is -0.369 e. The van der Waals surface area contributed by atoms with Crippen LogP contribution >= 0.6 is 0 Å². The van der Waals surface area contributed by atoms with Crippen LogP contribution in [0.2, 0.25) is 0 Å². The van der Waals surface area contributed by atoms with E-state index in [1.165, 1.54) is 18.4 Å². The molecular weight excluding hydrogens is 210 g/mol. The quantitative estimate of drug-likeness (QED) is 0.875. The maximum Gasteiger partial charge on any atom is 0.205 e. The molecule has 0 fully saturated rings. The predicted octanol–water partition coefficient (Wildman–Crippen LogP) is 3.11. The molecule has 2 rings (SSSR count). The Hall–Kier alpha value is -1.77. The van der Waals surface area contributed by atoms with Crippen LogP contribution in [0, 0.1) is 6.92 Å². The molecule has 0 spiro atoms. The number of anilines is 1. The third-order valence-electron chi connectivity index (χ3n) is 2.89. The fourth-order valence-electron chi connectivity index (χ4n) is 1.93. The minimum absolute atomic E-state index is 0.545. The minimum atomic E-state index is 0.545. The second kappa shape index (κ2) is 5.04. The second-order valence-electron chi connectivity index (χ2n) is 4.38. The average molecular weight is 229 g/mol. The van der Waals surface area contributed by atoms with E-state index < -0.39 is 0 Å². The van der Waals surface area contributed by atoms with Crippen LogP contribution in [0.25, 0.3) is 5.69 Å². The Morgan fingerprint density at radius 2 is 1.94 bits per heavy atom. The van der Waals surface area contributed by atoms with E-state index in [0.29, 0.717) is 5.95 Å². The molecule has 0 amide bonds. The monoisotopic (exact) mass is 229 g/mol. The van der Waals surface area contributed by atoms with Crippen LogP contribution < -0.4 is 5.73 Å². The van der Waals surface area contributed by atoms with Gasteiger partial charge in [-0.05, 0) is 37.5 Å². The highest BCUT2D eigenvalue weighted by atomic mass is 15.1. The topological polar surface area (TPSA) is 43.8 Å². The SMILES string of the molecule is CCCCc1ccc(-n2cc(C)nc2N)cc1. The Morgan fingerprint density at radius 3 is 2.47 bits per heavy atom. The van der Waals surface area contributed by atoms with Crippen molar-refractivity contribution in [3.63, 3.8) is 0 Å². The molecule has 2 N–H and O–H groups in total. The van der Waals surface area contributed by atoms with Crippen LogP contribution in [0.4, 0.5) is 5.95 Å². The van der Waals surface area contributed by atoms with Gasteiger partial charge in [0, 0.05) is 11.9 Å². The predicted molar refractivity (Wildman–Crippen MR) is 71.3 cm³/mol. The third-order valence-corrected chi connectivity index (χ3v) is 2.89. The normalized spacial score (nSPS) is 10.7. The maximum absolute atomic E-state index is 5.84. The van der Waals surface area contributed by atoms with Crippen LogP contribution in [0.1, 0.15) is 31.0 Å². The summed E-state index contributed by atoms with van der Waals surface area (Å²) in [6.07, 6.45) is 5.58. The number of nitrogens with zero attached hydrogens (tertiary/aromatic N) is 2. The van der Waals surface area contributed by atoms with E-state index >= 15 is 0 Å². The van der Waals surface area contributed by atoms with Gasteiger partial charge < -0.3 is 5.73 Å². The first-order chi connectivity index (χ1) is 8.20. The van der Waals surface area contributed by atoms with Crippen LogP contribution in [-0.4, -0.2) is 9.55 Å². The molecule has 17 heavy (non-hydrogen) atoms. The van der Waals surface area contributed by atoms with Gasteiger partial charge in [0.25, 0.3) is 0 Å². The van der Waals surface area contributed by atoms with Gasteiger partial charge in [-0.2, -0.15) is 0 Å². The Labute approximate surface area is 102 Å². The standard InChI is InChI=1S/C14H19N3/c1-3-4-5-12-6-8-13(9-7-12)17-10-11(2)16-14(17)15/h6-10H,3-5H2,1-2H3,(H2,15,16). The van der Waals surface area contributed by atoms with E-state index in [9.17, 15) is 0 Å². The summed E-state index contributed by atoms with van der Waals surface area (Å²) in [6.45, 7) is 4.16. The van der Waals surface area contributed by atoms with E-state index in [1.807, 2.05) is 17.7 Å². The van der Waals surface area contributed by atoms with Crippen molar-refractivity contribution in [2.75, 3.05) is 5.73 Å². The summed E-state index contributed by atoms with van der Waals surface area (Å²) in [5.41, 5.74) is 9.24. The summed E-state index contributed by atoms with van der Waals surface area (Å²) in [5, 5.41) is 0. The summed E-state index contributed by atoms with van der Waals surface area (Å²) < 4.78 is 1.92. The van der Waals surface area contributed by atoms with Crippen molar-refractivity contribution >= 4 is 5.95 Å². The molecule has 3 nitrogen and oxygen atoms in total. The van der Waals surface area contributed by atoms with Gasteiger partial charge in [0.2, 0.25) is 5.95 Å². The van der Waals surface area contributed by atoms with E-state index in [4.69, 9.17) is 5.73 Å². The lowest BCUT2D eigenvalue weighted by atomic mass is 10.1. The Kier molecular flexibility index (Phi) is 3.47. The Balaban J connectivity index is 2.20. The fraction of sp³-hybridized carbons (Fsp3) is 0.357. The van der Waals surface area contributed by atoms with E-state index in [-0.39, 0.29) is 0 Å². The van der Waals surface area contributed by atoms with Crippen LogP contribution in [-0.2, 0) is 6.42 Å². The van der Waals surface area contributed by atoms with Gasteiger partial charge in [-0.1, -0.05) is 25.5 Å². The largest absolute Gasteiger partial charge is 0.369 e. The molecule has 2 aromatic rings. The molecule has 0 aliphatic heterocycles. The second-order valence-corrected chi connectivity index (χ2v) is 4.38. The third kappa shape index (κ3) is 2.67. The zero-order valence-corrected chi connectivity index (χ0v) is 10.5. The summed E-state index contributed by atoms with van der Waals surface area (Å²) in [7, 11) is 0. The van der Waals surface area contributed by atoms with Gasteiger partial charge in [-0.3, -0.25) is 4.57 Å². The highest BCUT2D eigenvalue weighted by Gasteiger charge is 2.03. The molecule has 0 saturated carbocycles. The van der Waals surface area contributed by atoms with E-state index in [0.717, 1.165) is 17.8 Å². The van der Waals surface area contributed by atoms with E-state index in [1.54, 1.807) is 0 Å². The average Bonchev–Trinajstić information content (AvgIpc) is 2.66. The smallest absolute Gasteiger partial charge is 0.205 e.